The Kier molecular flexibility index (Phi) is 4.61. The molecule has 1 heterocycles. The quantitative estimate of drug-likeness (QED) is 0.868. The lowest BCUT2D eigenvalue weighted by Gasteiger charge is -2.22. The molecular formula is C13H18ClN3O2. The Morgan fingerprint density at radius 3 is 2.95 bits per heavy atom. The largest absolute Gasteiger partial charge is 0.383 e. The van der Waals surface area contributed by atoms with E-state index in [9.17, 15) is 4.79 Å². The predicted molar refractivity (Wildman–Crippen MR) is 74.7 cm³/mol. The van der Waals surface area contributed by atoms with Gasteiger partial charge in [0.1, 0.15) is 5.82 Å². The molecule has 104 valence electrons. The van der Waals surface area contributed by atoms with Crippen LogP contribution >= 0.6 is 11.6 Å². The molecule has 0 atom stereocenters. The van der Waals surface area contributed by atoms with Crippen LogP contribution in [0.1, 0.15) is 23.2 Å². The first-order valence-electron chi connectivity index (χ1n) is 6.30. The lowest BCUT2D eigenvalue weighted by molar-refractivity contribution is 0.0680. The molecule has 1 aliphatic rings. The highest BCUT2D eigenvalue weighted by Crippen LogP contribution is 2.29. The molecule has 1 N–H and O–H groups in total. The van der Waals surface area contributed by atoms with Gasteiger partial charge in [0.25, 0.3) is 5.91 Å². The molecule has 1 saturated carbocycles. The number of rotatable bonds is 6. The molecule has 1 aromatic heterocycles. The van der Waals surface area contributed by atoms with Crippen molar-refractivity contribution in [3.05, 3.63) is 22.8 Å². The highest BCUT2D eigenvalue weighted by atomic mass is 35.5. The van der Waals surface area contributed by atoms with Gasteiger partial charge in [-0.15, -0.1) is 0 Å². The highest BCUT2D eigenvalue weighted by molar-refractivity contribution is 6.33. The van der Waals surface area contributed by atoms with Crippen molar-refractivity contribution in [2.45, 2.75) is 18.9 Å². The molecule has 0 aliphatic heterocycles. The smallest absolute Gasteiger partial charge is 0.255 e. The Bertz CT molecular complexity index is 463. The third kappa shape index (κ3) is 3.36. The molecule has 0 radical (unpaired) electrons. The summed E-state index contributed by atoms with van der Waals surface area (Å²) in [4.78, 5) is 18.5. The summed E-state index contributed by atoms with van der Waals surface area (Å²) in [6.07, 6.45) is 3.61. The Morgan fingerprint density at radius 2 is 2.37 bits per heavy atom. The summed E-state index contributed by atoms with van der Waals surface area (Å²) in [5.74, 6) is 0.582. The minimum atomic E-state index is -0.0524. The van der Waals surface area contributed by atoms with Crippen LogP contribution in [0.3, 0.4) is 0 Å². The molecule has 0 unspecified atom stereocenters. The van der Waals surface area contributed by atoms with Crippen LogP contribution in [0.25, 0.3) is 0 Å². The summed E-state index contributed by atoms with van der Waals surface area (Å²) in [6, 6.07) is 2.01. The van der Waals surface area contributed by atoms with Crippen LogP contribution in [0.5, 0.6) is 0 Å². The fraction of sp³-hybridized carbons (Fsp3) is 0.538. The second-order valence-corrected chi connectivity index (χ2v) is 4.93. The van der Waals surface area contributed by atoms with E-state index in [4.69, 9.17) is 16.3 Å². The van der Waals surface area contributed by atoms with Gasteiger partial charge in [-0.3, -0.25) is 4.79 Å². The van der Waals surface area contributed by atoms with Crippen molar-refractivity contribution in [3.63, 3.8) is 0 Å². The number of anilines is 1. The number of methoxy groups -OCH3 is 1. The van der Waals surface area contributed by atoms with Crippen LogP contribution in [0.2, 0.25) is 5.02 Å². The summed E-state index contributed by atoms with van der Waals surface area (Å²) < 4.78 is 5.06. The van der Waals surface area contributed by atoms with Gasteiger partial charge in [0.05, 0.1) is 17.2 Å². The summed E-state index contributed by atoms with van der Waals surface area (Å²) in [5, 5.41) is 3.29. The topological polar surface area (TPSA) is 54.5 Å². The minimum absolute atomic E-state index is 0.0524. The van der Waals surface area contributed by atoms with Gasteiger partial charge < -0.3 is 15.0 Å². The Labute approximate surface area is 117 Å². The molecule has 0 spiro atoms. The summed E-state index contributed by atoms with van der Waals surface area (Å²) in [6.45, 7) is 1.12. The number of pyridine rings is 1. The van der Waals surface area contributed by atoms with E-state index < -0.39 is 0 Å². The number of carbonyl (C=O) groups excluding carboxylic acids is 1. The standard InChI is InChI=1S/C13H18ClN3O2/c1-15-12-7-10(11(14)8-16-12)13(18)17(5-6-19-2)9-3-4-9/h7-9H,3-6H2,1-2H3,(H,15,16). The predicted octanol–water partition coefficient (Wildman–Crippen LogP) is 2.03. The lowest BCUT2D eigenvalue weighted by Crippen LogP contribution is -2.36. The number of hydrogen-bond donors (Lipinski definition) is 1. The van der Waals surface area contributed by atoms with E-state index in [1.807, 2.05) is 4.90 Å². The monoisotopic (exact) mass is 283 g/mol. The van der Waals surface area contributed by atoms with E-state index in [2.05, 4.69) is 10.3 Å². The first-order chi connectivity index (χ1) is 9.17. The van der Waals surface area contributed by atoms with Gasteiger partial charge in [-0.05, 0) is 18.9 Å². The third-order valence-electron chi connectivity index (χ3n) is 3.13. The lowest BCUT2D eigenvalue weighted by atomic mass is 10.2. The van der Waals surface area contributed by atoms with E-state index in [1.165, 1.54) is 6.20 Å². The SMILES string of the molecule is CNc1cc(C(=O)N(CCOC)C2CC2)c(Cl)cn1. The van der Waals surface area contributed by atoms with Crippen molar-refractivity contribution in [1.82, 2.24) is 9.88 Å². The van der Waals surface area contributed by atoms with Crippen LogP contribution in [0, 0.1) is 0 Å². The van der Waals surface area contributed by atoms with E-state index in [-0.39, 0.29) is 5.91 Å². The molecule has 19 heavy (non-hydrogen) atoms. The van der Waals surface area contributed by atoms with Crippen molar-refractivity contribution in [3.8, 4) is 0 Å². The second kappa shape index (κ2) is 6.21. The van der Waals surface area contributed by atoms with Crippen LogP contribution in [0.4, 0.5) is 5.82 Å². The minimum Gasteiger partial charge on any atom is -0.383 e. The summed E-state index contributed by atoms with van der Waals surface area (Å²) in [7, 11) is 3.39. The molecule has 0 aromatic carbocycles. The Hall–Kier alpha value is -1.33. The fourth-order valence-electron chi connectivity index (χ4n) is 1.92. The summed E-state index contributed by atoms with van der Waals surface area (Å²) >= 11 is 6.08. The third-order valence-corrected chi connectivity index (χ3v) is 3.43. The van der Waals surface area contributed by atoms with E-state index >= 15 is 0 Å². The maximum absolute atomic E-state index is 12.6. The number of nitrogens with zero attached hydrogens (tertiary/aromatic N) is 2. The van der Waals surface area contributed by atoms with Crippen molar-refractivity contribution in [1.29, 1.82) is 0 Å². The summed E-state index contributed by atoms with van der Waals surface area (Å²) in [5.41, 5.74) is 0.490. The van der Waals surface area contributed by atoms with Gasteiger partial charge in [-0.1, -0.05) is 11.6 Å². The van der Waals surface area contributed by atoms with E-state index in [1.54, 1.807) is 20.2 Å². The van der Waals surface area contributed by atoms with Crippen LogP contribution in [0.15, 0.2) is 12.3 Å². The van der Waals surface area contributed by atoms with Crippen LogP contribution in [-0.4, -0.2) is 49.1 Å². The van der Waals surface area contributed by atoms with E-state index in [0.29, 0.717) is 35.6 Å². The normalized spacial score (nSPS) is 14.3. The molecule has 2 rings (SSSR count). The van der Waals surface area contributed by atoms with Crippen LogP contribution < -0.4 is 5.32 Å². The van der Waals surface area contributed by atoms with E-state index in [0.717, 1.165) is 12.8 Å². The Morgan fingerprint density at radius 1 is 1.63 bits per heavy atom. The van der Waals surface area contributed by atoms with Gasteiger partial charge in [0, 0.05) is 32.9 Å². The zero-order chi connectivity index (χ0) is 13.8. The molecule has 1 aliphatic carbocycles. The molecule has 0 saturated heterocycles. The van der Waals surface area contributed by atoms with Gasteiger partial charge in [0.15, 0.2) is 0 Å². The average molecular weight is 284 g/mol. The Balaban J connectivity index is 2.20. The number of halogens is 1. The molecule has 1 fully saturated rings. The number of hydrogen-bond acceptors (Lipinski definition) is 4. The van der Waals surface area contributed by atoms with Crippen molar-refractivity contribution in [2.75, 3.05) is 32.6 Å². The molecule has 1 aromatic rings. The maximum atomic E-state index is 12.6. The fourth-order valence-corrected chi connectivity index (χ4v) is 2.10. The molecular weight excluding hydrogens is 266 g/mol. The molecule has 6 heteroatoms. The highest BCUT2D eigenvalue weighted by Gasteiger charge is 2.33. The molecule has 0 bridgehead atoms. The van der Waals surface area contributed by atoms with Gasteiger partial charge >= 0.3 is 0 Å². The van der Waals surface area contributed by atoms with Crippen molar-refractivity contribution in [2.24, 2.45) is 0 Å². The zero-order valence-electron chi connectivity index (χ0n) is 11.1. The van der Waals surface area contributed by atoms with Crippen molar-refractivity contribution >= 4 is 23.3 Å². The first-order valence-corrected chi connectivity index (χ1v) is 6.68. The maximum Gasteiger partial charge on any atom is 0.255 e. The average Bonchev–Trinajstić information content (AvgIpc) is 3.24. The van der Waals surface area contributed by atoms with Gasteiger partial charge in [-0.25, -0.2) is 4.98 Å². The van der Waals surface area contributed by atoms with Crippen LogP contribution in [-0.2, 0) is 4.74 Å². The number of amides is 1. The first kappa shape index (κ1) is 14.1. The zero-order valence-corrected chi connectivity index (χ0v) is 11.9. The molecule has 5 nitrogen and oxygen atoms in total. The number of ether oxygens (including phenoxy) is 1. The second-order valence-electron chi connectivity index (χ2n) is 4.52. The number of nitrogens with one attached hydrogen (secondary N) is 1. The molecule has 1 amide bonds. The number of aromatic nitrogens is 1. The van der Waals surface area contributed by atoms with Crippen molar-refractivity contribution < 1.29 is 9.53 Å². The van der Waals surface area contributed by atoms with Gasteiger partial charge in [0.2, 0.25) is 0 Å². The van der Waals surface area contributed by atoms with Gasteiger partial charge in [-0.2, -0.15) is 0 Å². The number of carbonyl (C=O) groups is 1.